The lowest BCUT2D eigenvalue weighted by molar-refractivity contribution is 0.651. The highest BCUT2D eigenvalue weighted by molar-refractivity contribution is 9.10. The summed E-state index contributed by atoms with van der Waals surface area (Å²) in [5.74, 6) is 0. The summed E-state index contributed by atoms with van der Waals surface area (Å²) < 4.78 is 16.4. The third-order valence-corrected chi connectivity index (χ3v) is 3.56. The Hall–Kier alpha value is -0.480. The number of hydrogen-bond donors (Lipinski definition) is 0. The molecule has 2 nitrogen and oxygen atoms in total. The van der Waals surface area contributed by atoms with Crippen molar-refractivity contribution in [3.63, 3.8) is 0 Å². The second kappa shape index (κ2) is 5.03. The minimum atomic E-state index is -1.19. The summed E-state index contributed by atoms with van der Waals surface area (Å²) in [6, 6.07) is 7.71. The van der Waals surface area contributed by atoms with Crippen molar-refractivity contribution in [1.82, 2.24) is 0 Å². The van der Waals surface area contributed by atoms with Crippen LogP contribution >= 0.6 is 15.9 Å². The molecule has 0 aliphatic carbocycles. The van der Waals surface area contributed by atoms with E-state index in [1.54, 1.807) is 6.21 Å². The summed E-state index contributed by atoms with van der Waals surface area (Å²) in [6.07, 6.45) is 1.65. The summed E-state index contributed by atoms with van der Waals surface area (Å²) in [5.41, 5.74) is 0.954. The van der Waals surface area contributed by atoms with Crippen LogP contribution in [0, 0.1) is 0 Å². The molecule has 0 saturated heterocycles. The highest BCUT2D eigenvalue weighted by Gasteiger charge is 2.17. The average Bonchev–Trinajstić information content (AvgIpc) is 2.15. The number of halogens is 1. The Balaban J connectivity index is 2.74. The Morgan fingerprint density at radius 2 is 1.80 bits per heavy atom. The zero-order valence-electron chi connectivity index (χ0n) is 9.03. The minimum Gasteiger partial charge on any atom is -0.234 e. The van der Waals surface area contributed by atoms with Crippen LogP contribution in [0.2, 0.25) is 0 Å². The number of hydrogen-bond acceptors (Lipinski definition) is 1. The van der Waals surface area contributed by atoms with Gasteiger partial charge in [0.2, 0.25) is 0 Å². The van der Waals surface area contributed by atoms with Crippen LogP contribution in [-0.2, 0) is 11.0 Å². The molecule has 0 fully saturated rings. The summed E-state index contributed by atoms with van der Waals surface area (Å²) >= 11 is 3.35. The molecule has 15 heavy (non-hydrogen) atoms. The van der Waals surface area contributed by atoms with Crippen LogP contribution in [-0.4, -0.2) is 15.2 Å². The van der Waals surface area contributed by atoms with E-state index in [4.69, 9.17) is 0 Å². The van der Waals surface area contributed by atoms with E-state index in [-0.39, 0.29) is 4.75 Å². The predicted molar refractivity (Wildman–Crippen MR) is 69.6 cm³/mol. The van der Waals surface area contributed by atoms with Crippen LogP contribution in [0.5, 0.6) is 0 Å². The molecule has 0 amide bonds. The predicted octanol–water partition coefficient (Wildman–Crippen LogP) is 3.33. The third kappa shape index (κ3) is 4.26. The number of benzene rings is 1. The fourth-order valence-electron chi connectivity index (χ4n) is 0.816. The van der Waals surface area contributed by atoms with Crippen molar-refractivity contribution in [2.45, 2.75) is 25.5 Å². The van der Waals surface area contributed by atoms with Gasteiger partial charge in [0.15, 0.2) is 0 Å². The molecule has 4 heteroatoms. The molecule has 0 aliphatic rings. The van der Waals surface area contributed by atoms with Crippen LogP contribution in [0.25, 0.3) is 0 Å². The summed E-state index contributed by atoms with van der Waals surface area (Å²) in [7, 11) is -1.19. The Labute approximate surface area is 102 Å². The van der Waals surface area contributed by atoms with Gasteiger partial charge in [0, 0.05) is 10.7 Å². The fourth-order valence-corrected chi connectivity index (χ4v) is 1.61. The Morgan fingerprint density at radius 3 is 2.27 bits per heavy atom. The van der Waals surface area contributed by atoms with E-state index in [0.29, 0.717) is 0 Å². The molecule has 0 spiro atoms. The highest BCUT2D eigenvalue weighted by Crippen LogP contribution is 2.13. The normalized spacial score (nSPS) is 14.4. The molecule has 1 aromatic rings. The van der Waals surface area contributed by atoms with Crippen LogP contribution in [0.15, 0.2) is 33.1 Å². The van der Waals surface area contributed by atoms with Gasteiger partial charge in [0.25, 0.3) is 0 Å². The monoisotopic (exact) mass is 287 g/mol. The van der Waals surface area contributed by atoms with E-state index in [9.17, 15) is 4.21 Å². The summed E-state index contributed by atoms with van der Waals surface area (Å²) in [6.45, 7) is 5.71. The number of rotatable bonds is 2. The molecular formula is C11H14BrNOS. The largest absolute Gasteiger partial charge is 0.234 e. The van der Waals surface area contributed by atoms with Gasteiger partial charge in [-0.2, -0.15) is 4.40 Å². The molecule has 0 bridgehead atoms. The van der Waals surface area contributed by atoms with E-state index < -0.39 is 11.0 Å². The molecule has 0 radical (unpaired) electrons. The van der Waals surface area contributed by atoms with Crippen molar-refractivity contribution >= 4 is 33.1 Å². The second-order valence-corrected chi connectivity index (χ2v) is 7.00. The lowest BCUT2D eigenvalue weighted by Gasteiger charge is -2.12. The van der Waals surface area contributed by atoms with Gasteiger partial charge in [-0.3, -0.25) is 0 Å². The van der Waals surface area contributed by atoms with E-state index in [2.05, 4.69) is 20.3 Å². The van der Waals surface area contributed by atoms with E-state index in [1.165, 1.54) is 0 Å². The lowest BCUT2D eigenvalue weighted by atomic mass is 10.2. The van der Waals surface area contributed by atoms with Crippen molar-refractivity contribution in [3.05, 3.63) is 34.3 Å². The molecular weight excluding hydrogens is 274 g/mol. The molecule has 1 atom stereocenters. The first kappa shape index (κ1) is 12.6. The van der Waals surface area contributed by atoms with Crippen molar-refractivity contribution in [1.29, 1.82) is 0 Å². The zero-order valence-corrected chi connectivity index (χ0v) is 11.4. The van der Waals surface area contributed by atoms with Gasteiger partial charge in [-0.05, 0) is 38.5 Å². The molecule has 0 unspecified atom stereocenters. The van der Waals surface area contributed by atoms with Gasteiger partial charge >= 0.3 is 0 Å². The van der Waals surface area contributed by atoms with Crippen LogP contribution < -0.4 is 0 Å². The van der Waals surface area contributed by atoms with Crippen molar-refractivity contribution in [2.24, 2.45) is 4.40 Å². The SMILES string of the molecule is CC(C)(C)[S@@](=O)/N=C/c1ccc(Br)cc1. The van der Waals surface area contributed by atoms with Gasteiger partial charge in [0.1, 0.15) is 11.0 Å². The quantitative estimate of drug-likeness (QED) is 0.767. The average molecular weight is 288 g/mol. The van der Waals surface area contributed by atoms with E-state index >= 15 is 0 Å². The topological polar surface area (TPSA) is 29.4 Å². The van der Waals surface area contributed by atoms with Crippen molar-refractivity contribution in [2.75, 3.05) is 0 Å². The lowest BCUT2D eigenvalue weighted by Crippen LogP contribution is -2.19. The fraction of sp³-hybridized carbons (Fsp3) is 0.364. The molecule has 1 rings (SSSR count). The molecule has 0 aromatic heterocycles. The standard InChI is InChI=1S/C11H14BrNOS/c1-11(2,3)15(14)13-8-9-4-6-10(12)7-5-9/h4-8H,1-3H3/b13-8+/t15-/m1/s1. The van der Waals surface area contributed by atoms with Crippen LogP contribution in [0.1, 0.15) is 26.3 Å². The molecule has 82 valence electrons. The maximum Gasteiger partial charge on any atom is 0.144 e. The number of nitrogens with zero attached hydrogens (tertiary/aromatic N) is 1. The highest BCUT2D eigenvalue weighted by atomic mass is 79.9. The van der Waals surface area contributed by atoms with Gasteiger partial charge in [-0.25, -0.2) is 4.21 Å². The zero-order chi connectivity index (χ0) is 11.5. The van der Waals surface area contributed by atoms with Gasteiger partial charge < -0.3 is 0 Å². The minimum absolute atomic E-state index is 0.300. The van der Waals surface area contributed by atoms with E-state index in [1.807, 2.05) is 45.0 Å². The molecule has 1 aromatic carbocycles. The Kier molecular flexibility index (Phi) is 4.22. The second-order valence-electron chi connectivity index (χ2n) is 4.15. The summed E-state index contributed by atoms with van der Waals surface area (Å²) in [5, 5.41) is 0. The van der Waals surface area contributed by atoms with Gasteiger partial charge in [-0.1, -0.05) is 28.1 Å². The van der Waals surface area contributed by atoms with E-state index in [0.717, 1.165) is 10.0 Å². The summed E-state index contributed by atoms with van der Waals surface area (Å²) in [4.78, 5) is 0. The smallest absolute Gasteiger partial charge is 0.144 e. The third-order valence-electron chi connectivity index (χ3n) is 1.69. The first-order valence-corrected chi connectivity index (χ1v) is 6.51. The van der Waals surface area contributed by atoms with Gasteiger partial charge in [0.05, 0.1) is 4.75 Å². The Morgan fingerprint density at radius 1 is 1.27 bits per heavy atom. The van der Waals surface area contributed by atoms with Crippen molar-refractivity contribution in [3.8, 4) is 0 Å². The molecule has 0 heterocycles. The molecule has 0 aliphatic heterocycles. The van der Waals surface area contributed by atoms with Crippen molar-refractivity contribution < 1.29 is 4.21 Å². The Bertz CT molecular complexity index is 379. The van der Waals surface area contributed by atoms with Crippen LogP contribution in [0.3, 0.4) is 0 Å². The molecule has 0 saturated carbocycles. The molecule has 0 N–H and O–H groups in total. The maximum absolute atomic E-state index is 11.6. The van der Waals surface area contributed by atoms with Crippen LogP contribution in [0.4, 0.5) is 0 Å². The van der Waals surface area contributed by atoms with Gasteiger partial charge in [-0.15, -0.1) is 0 Å². The first-order valence-electron chi connectivity index (χ1n) is 4.61. The maximum atomic E-state index is 11.6. The first-order chi connectivity index (χ1) is 6.89.